The summed E-state index contributed by atoms with van der Waals surface area (Å²) in [6.45, 7) is 3.27. The molecule has 0 aliphatic rings. The first kappa shape index (κ1) is 18.3. The fourth-order valence-electron chi connectivity index (χ4n) is 0.790. The van der Waals surface area contributed by atoms with E-state index in [4.69, 9.17) is 0 Å². The minimum atomic E-state index is -5.21. The van der Waals surface area contributed by atoms with Crippen LogP contribution < -0.4 is 0 Å². The maximum Gasteiger partial charge on any atom is 0.431 e. The Morgan fingerprint density at radius 2 is 1.55 bits per heavy atom. The largest absolute Gasteiger partial charge is 0.458 e. The van der Waals surface area contributed by atoms with E-state index in [1.807, 2.05) is 0 Å². The lowest BCUT2D eigenvalue weighted by Gasteiger charge is -2.31. The summed E-state index contributed by atoms with van der Waals surface area (Å²) in [4.78, 5) is 21.9. The van der Waals surface area contributed by atoms with E-state index in [1.54, 1.807) is 0 Å². The molecule has 0 aromatic rings. The van der Waals surface area contributed by atoms with Gasteiger partial charge in [-0.3, -0.25) is 0 Å². The van der Waals surface area contributed by atoms with E-state index in [-0.39, 0.29) is 12.5 Å². The summed E-state index contributed by atoms with van der Waals surface area (Å²) in [6.07, 6.45) is -5.21. The highest BCUT2D eigenvalue weighted by Gasteiger charge is 2.57. The molecule has 0 saturated carbocycles. The van der Waals surface area contributed by atoms with Crippen LogP contribution in [0.1, 0.15) is 20.8 Å². The summed E-state index contributed by atoms with van der Waals surface area (Å²) in [6, 6.07) is 0. The molecule has 0 radical (unpaired) electrons. The maximum atomic E-state index is 12.8. The number of alkyl halides is 5. The van der Waals surface area contributed by atoms with Gasteiger partial charge in [-0.15, -0.1) is 0 Å². The Morgan fingerprint density at radius 1 is 1.10 bits per heavy atom. The Balaban J connectivity index is 5.10. The van der Waals surface area contributed by atoms with Crippen molar-refractivity contribution in [2.45, 2.75) is 38.5 Å². The lowest BCUT2D eigenvalue weighted by molar-refractivity contribution is -0.281. The summed E-state index contributed by atoms with van der Waals surface area (Å²) in [5.74, 6) is -7.64. The molecule has 0 rings (SSSR count). The number of esters is 2. The van der Waals surface area contributed by atoms with Gasteiger partial charge in [-0.1, -0.05) is 6.58 Å². The summed E-state index contributed by atoms with van der Waals surface area (Å²) in [5.41, 5.74) is -3.57. The molecule has 0 aliphatic carbocycles. The molecule has 0 saturated heterocycles. The molecule has 0 spiro atoms. The summed E-state index contributed by atoms with van der Waals surface area (Å²) >= 11 is 0. The van der Waals surface area contributed by atoms with Crippen molar-refractivity contribution in [3.8, 4) is 0 Å². The molecular formula is C11H13F5O4. The van der Waals surface area contributed by atoms with Crippen LogP contribution in [0.2, 0.25) is 0 Å². The molecule has 0 N–H and O–H groups in total. The van der Waals surface area contributed by atoms with Crippen molar-refractivity contribution in [2.24, 2.45) is 0 Å². The number of ether oxygens (including phenoxy) is 2. The van der Waals surface area contributed by atoms with E-state index in [9.17, 15) is 31.5 Å². The van der Waals surface area contributed by atoms with Gasteiger partial charge >= 0.3 is 24.0 Å². The van der Waals surface area contributed by atoms with Crippen molar-refractivity contribution in [3.63, 3.8) is 0 Å². The molecule has 9 heteroatoms. The summed E-state index contributed by atoms with van der Waals surface area (Å²) < 4.78 is 71.5. The van der Waals surface area contributed by atoms with Gasteiger partial charge in [-0.2, -0.15) is 22.0 Å². The third-order valence-corrected chi connectivity index (χ3v) is 2.10. The predicted octanol–water partition coefficient (Wildman–Crippen LogP) is 2.63. The number of carbonyl (C=O) groups excluding carboxylic acids is 2. The Morgan fingerprint density at radius 3 is 1.85 bits per heavy atom. The van der Waals surface area contributed by atoms with Gasteiger partial charge < -0.3 is 9.47 Å². The van der Waals surface area contributed by atoms with E-state index in [2.05, 4.69) is 16.1 Å². The first-order chi connectivity index (χ1) is 8.71. The smallest absolute Gasteiger partial charge is 0.431 e. The number of halogens is 5. The molecule has 4 nitrogen and oxygen atoms in total. The molecule has 0 aliphatic heterocycles. The van der Waals surface area contributed by atoms with E-state index >= 15 is 0 Å². The highest BCUT2D eigenvalue weighted by Crippen LogP contribution is 2.35. The van der Waals surface area contributed by atoms with Crippen LogP contribution in [0.4, 0.5) is 22.0 Å². The Labute approximate surface area is 111 Å². The second kappa shape index (κ2) is 5.76. The van der Waals surface area contributed by atoms with Gasteiger partial charge in [0.2, 0.25) is 5.60 Å². The zero-order valence-electron chi connectivity index (χ0n) is 10.9. The van der Waals surface area contributed by atoms with Crippen LogP contribution in [-0.2, 0) is 19.1 Å². The minimum Gasteiger partial charge on any atom is -0.458 e. The second-order valence-corrected chi connectivity index (χ2v) is 4.36. The SMILES string of the molecule is C=C(C)C(=O)OCC(C)(OC(=O)C(C)(F)F)C(F)(F)F. The third-order valence-electron chi connectivity index (χ3n) is 2.10. The number of hydrogen-bond acceptors (Lipinski definition) is 4. The normalized spacial score (nSPS) is 15.2. The van der Waals surface area contributed by atoms with Crippen LogP contribution in [0.15, 0.2) is 12.2 Å². The Hall–Kier alpha value is -1.67. The average Bonchev–Trinajstić information content (AvgIpc) is 2.22. The van der Waals surface area contributed by atoms with Crippen LogP contribution in [0, 0.1) is 0 Å². The topological polar surface area (TPSA) is 52.6 Å². The van der Waals surface area contributed by atoms with Crippen molar-refractivity contribution in [1.29, 1.82) is 0 Å². The molecule has 0 aromatic carbocycles. The van der Waals surface area contributed by atoms with Gasteiger partial charge in [0.1, 0.15) is 6.61 Å². The maximum absolute atomic E-state index is 12.8. The van der Waals surface area contributed by atoms with Crippen LogP contribution in [0.25, 0.3) is 0 Å². The van der Waals surface area contributed by atoms with E-state index in [1.165, 1.54) is 6.92 Å². The Bertz CT molecular complexity index is 410. The molecule has 1 atom stereocenters. The van der Waals surface area contributed by atoms with Gasteiger partial charge in [-0.05, 0) is 13.8 Å². The van der Waals surface area contributed by atoms with Gasteiger partial charge in [0.05, 0.1) is 0 Å². The van der Waals surface area contributed by atoms with E-state index in [0.29, 0.717) is 6.92 Å². The monoisotopic (exact) mass is 304 g/mol. The van der Waals surface area contributed by atoms with E-state index in [0.717, 1.165) is 0 Å². The number of rotatable bonds is 5. The highest BCUT2D eigenvalue weighted by molar-refractivity contribution is 5.87. The molecule has 0 fully saturated rings. The predicted molar refractivity (Wildman–Crippen MR) is 56.9 cm³/mol. The fraction of sp³-hybridized carbons (Fsp3) is 0.636. The highest BCUT2D eigenvalue weighted by atomic mass is 19.4. The lowest BCUT2D eigenvalue weighted by Crippen LogP contribution is -2.52. The summed E-state index contributed by atoms with van der Waals surface area (Å²) in [7, 11) is 0. The minimum absolute atomic E-state index is 0.0893. The summed E-state index contributed by atoms with van der Waals surface area (Å²) in [5, 5.41) is 0. The fourth-order valence-corrected chi connectivity index (χ4v) is 0.790. The van der Waals surface area contributed by atoms with Crippen LogP contribution in [-0.4, -0.2) is 36.2 Å². The molecule has 116 valence electrons. The van der Waals surface area contributed by atoms with Gasteiger partial charge in [0.25, 0.3) is 0 Å². The van der Waals surface area contributed by atoms with Crippen molar-refractivity contribution < 1.29 is 41.0 Å². The quantitative estimate of drug-likeness (QED) is 0.445. The number of hydrogen-bond donors (Lipinski definition) is 0. The first-order valence-electron chi connectivity index (χ1n) is 5.21. The third kappa shape index (κ3) is 4.78. The van der Waals surface area contributed by atoms with Crippen molar-refractivity contribution >= 4 is 11.9 Å². The molecule has 0 aromatic heterocycles. The number of carbonyl (C=O) groups is 2. The van der Waals surface area contributed by atoms with E-state index < -0.39 is 36.2 Å². The van der Waals surface area contributed by atoms with Crippen LogP contribution in [0.5, 0.6) is 0 Å². The molecular weight excluding hydrogens is 291 g/mol. The van der Waals surface area contributed by atoms with Gasteiger partial charge in [0, 0.05) is 12.5 Å². The van der Waals surface area contributed by atoms with Gasteiger partial charge in [-0.25, -0.2) is 9.59 Å². The van der Waals surface area contributed by atoms with Crippen molar-refractivity contribution in [3.05, 3.63) is 12.2 Å². The van der Waals surface area contributed by atoms with Crippen molar-refractivity contribution in [2.75, 3.05) is 6.61 Å². The van der Waals surface area contributed by atoms with Gasteiger partial charge in [0.15, 0.2) is 0 Å². The molecule has 1 unspecified atom stereocenters. The average molecular weight is 304 g/mol. The molecule has 0 bridgehead atoms. The molecule has 0 amide bonds. The molecule has 20 heavy (non-hydrogen) atoms. The second-order valence-electron chi connectivity index (χ2n) is 4.36. The standard InChI is InChI=1S/C11H13F5O4/c1-6(2)7(17)19-5-9(3,11(14,15)16)20-8(18)10(4,12)13/h1,5H2,2-4H3. The Kier molecular flexibility index (Phi) is 5.28. The zero-order valence-corrected chi connectivity index (χ0v) is 10.9. The first-order valence-corrected chi connectivity index (χ1v) is 5.21. The zero-order chi connectivity index (χ0) is 16.4. The van der Waals surface area contributed by atoms with Crippen molar-refractivity contribution in [1.82, 2.24) is 0 Å². The lowest BCUT2D eigenvalue weighted by atomic mass is 10.1. The van der Waals surface area contributed by atoms with Crippen LogP contribution >= 0.6 is 0 Å². The molecule has 0 heterocycles. The van der Waals surface area contributed by atoms with Crippen LogP contribution in [0.3, 0.4) is 0 Å².